The molecule has 1 aromatic carbocycles. The van der Waals surface area contributed by atoms with E-state index in [1.165, 1.54) is 4.31 Å². The highest BCUT2D eigenvalue weighted by Gasteiger charge is 2.35. The van der Waals surface area contributed by atoms with Crippen LogP contribution < -0.4 is 5.73 Å². The molecule has 0 radical (unpaired) electrons. The number of nitrogens with zero attached hydrogens (tertiary/aromatic N) is 1. The largest absolute Gasteiger partial charge is 0.377 e. The van der Waals surface area contributed by atoms with Gasteiger partial charge in [0, 0.05) is 19.2 Å². The molecule has 6 heteroatoms. The van der Waals surface area contributed by atoms with E-state index in [1.807, 2.05) is 6.92 Å². The topological polar surface area (TPSA) is 72.6 Å². The second-order valence-corrected chi connectivity index (χ2v) is 6.98. The molecule has 0 aromatic heterocycles. The normalized spacial score (nSPS) is 22.1. The SMILES string of the molecule is CC1OCCC1N(C)S(=O)(=O)c1ccc(C#CCN)cc1. The van der Waals surface area contributed by atoms with E-state index in [-0.39, 0.29) is 23.6 Å². The van der Waals surface area contributed by atoms with Crippen molar-refractivity contribution in [1.82, 2.24) is 4.31 Å². The fraction of sp³-hybridized carbons (Fsp3) is 0.467. The molecule has 114 valence electrons. The summed E-state index contributed by atoms with van der Waals surface area (Å²) in [5, 5.41) is 0. The van der Waals surface area contributed by atoms with Crippen molar-refractivity contribution in [1.29, 1.82) is 0 Å². The minimum atomic E-state index is -3.51. The van der Waals surface area contributed by atoms with Crippen molar-refractivity contribution in [2.45, 2.75) is 30.4 Å². The van der Waals surface area contributed by atoms with E-state index in [4.69, 9.17) is 10.5 Å². The second kappa shape index (κ2) is 6.58. The molecule has 0 aliphatic carbocycles. The fourth-order valence-electron chi connectivity index (χ4n) is 2.41. The zero-order valence-electron chi connectivity index (χ0n) is 12.2. The molecular weight excluding hydrogens is 288 g/mol. The monoisotopic (exact) mass is 308 g/mol. The predicted molar refractivity (Wildman–Crippen MR) is 81.1 cm³/mol. The summed E-state index contributed by atoms with van der Waals surface area (Å²) < 4.78 is 32.1. The lowest BCUT2D eigenvalue weighted by molar-refractivity contribution is 0.102. The summed E-state index contributed by atoms with van der Waals surface area (Å²) in [5.74, 6) is 5.61. The van der Waals surface area contributed by atoms with Gasteiger partial charge in [0.2, 0.25) is 10.0 Å². The minimum Gasteiger partial charge on any atom is -0.377 e. The van der Waals surface area contributed by atoms with E-state index in [2.05, 4.69) is 11.8 Å². The summed E-state index contributed by atoms with van der Waals surface area (Å²) in [7, 11) is -1.91. The average molecular weight is 308 g/mol. The van der Waals surface area contributed by atoms with Crippen molar-refractivity contribution in [3.8, 4) is 11.8 Å². The molecule has 0 saturated carbocycles. The van der Waals surface area contributed by atoms with Crippen LogP contribution in [0.5, 0.6) is 0 Å². The maximum absolute atomic E-state index is 12.6. The number of sulfonamides is 1. The van der Waals surface area contributed by atoms with Gasteiger partial charge < -0.3 is 10.5 Å². The molecule has 1 heterocycles. The van der Waals surface area contributed by atoms with E-state index in [1.54, 1.807) is 31.3 Å². The third kappa shape index (κ3) is 3.44. The smallest absolute Gasteiger partial charge is 0.243 e. The highest BCUT2D eigenvalue weighted by molar-refractivity contribution is 7.89. The maximum Gasteiger partial charge on any atom is 0.243 e. The molecule has 2 rings (SSSR count). The third-order valence-electron chi connectivity index (χ3n) is 3.67. The Morgan fingerprint density at radius 1 is 1.38 bits per heavy atom. The van der Waals surface area contributed by atoms with Crippen LogP contribution in [-0.4, -0.2) is 45.1 Å². The Morgan fingerprint density at radius 2 is 2.05 bits per heavy atom. The van der Waals surface area contributed by atoms with Crippen LogP contribution in [0.2, 0.25) is 0 Å². The molecule has 2 unspecified atom stereocenters. The third-order valence-corrected chi connectivity index (χ3v) is 5.57. The van der Waals surface area contributed by atoms with Crippen LogP contribution in [0.1, 0.15) is 18.9 Å². The van der Waals surface area contributed by atoms with Gasteiger partial charge in [-0.1, -0.05) is 11.8 Å². The maximum atomic E-state index is 12.6. The van der Waals surface area contributed by atoms with Crippen molar-refractivity contribution >= 4 is 10.0 Å². The fourth-order valence-corrected chi connectivity index (χ4v) is 3.85. The number of hydrogen-bond donors (Lipinski definition) is 1. The first kappa shape index (κ1) is 16.0. The molecule has 0 amide bonds. The Labute approximate surface area is 126 Å². The van der Waals surface area contributed by atoms with Gasteiger partial charge in [0.25, 0.3) is 0 Å². The van der Waals surface area contributed by atoms with Crippen molar-refractivity contribution in [3.63, 3.8) is 0 Å². The molecule has 21 heavy (non-hydrogen) atoms. The number of benzene rings is 1. The van der Waals surface area contributed by atoms with Crippen LogP contribution in [-0.2, 0) is 14.8 Å². The molecule has 2 N–H and O–H groups in total. The summed E-state index contributed by atoms with van der Waals surface area (Å²) >= 11 is 0. The number of ether oxygens (including phenoxy) is 1. The lowest BCUT2D eigenvalue weighted by Gasteiger charge is -2.26. The first-order valence-corrected chi connectivity index (χ1v) is 8.29. The Hall–Kier alpha value is -1.39. The molecule has 0 bridgehead atoms. The molecule has 1 fully saturated rings. The molecule has 1 aromatic rings. The molecule has 2 atom stereocenters. The molecular formula is C15H20N2O3S. The minimum absolute atomic E-state index is 0.0838. The molecule has 1 aliphatic rings. The van der Waals surface area contributed by atoms with E-state index < -0.39 is 10.0 Å². The van der Waals surface area contributed by atoms with Crippen LogP contribution in [0.25, 0.3) is 0 Å². The Balaban J connectivity index is 2.22. The first-order chi connectivity index (χ1) is 9.96. The predicted octanol–water partition coefficient (Wildman–Crippen LogP) is 0.795. The van der Waals surface area contributed by atoms with Crippen LogP contribution in [0.4, 0.5) is 0 Å². The van der Waals surface area contributed by atoms with Gasteiger partial charge in [0.1, 0.15) is 0 Å². The summed E-state index contributed by atoms with van der Waals surface area (Å²) in [4.78, 5) is 0.266. The van der Waals surface area contributed by atoms with Gasteiger partial charge in [-0.2, -0.15) is 4.31 Å². The van der Waals surface area contributed by atoms with Gasteiger partial charge in [0.05, 0.1) is 23.6 Å². The Kier molecular flexibility index (Phi) is 5.01. The summed E-state index contributed by atoms with van der Waals surface area (Å²) in [6.07, 6.45) is 0.635. The van der Waals surface area contributed by atoms with Crippen LogP contribution >= 0.6 is 0 Å². The second-order valence-electron chi connectivity index (χ2n) is 4.98. The number of rotatable bonds is 3. The number of likely N-dealkylation sites (N-methyl/N-ethyl adjacent to an activating group) is 1. The van der Waals surface area contributed by atoms with Crippen molar-refractivity contribution < 1.29 is 13.2 Å². The van der Waals surface area contributed by atoms with E-state index in [9.17, 15) is 8.42 Å². The van der Waals surface area contributed by atoms with E-state index in [0.717, 1.165) is 12.0 Å². The zero-order valence-corrected chi connectivity index (χ0v) is 13.1. The van der Waals surface area contributed by atoms with Crippen molar-refractivity contribution in [2.75, 3.05) is 20.2 Å². The summed E-state index contributed by atoms with van der Waals surface area (Å²) in [6, 6.07) is 6.42. The highest BCUT2D eigenvalue weighted by Crippen LogP contribution is 2.24. The number of nitrogens with two attached hydrogens (primary N) is 1. The molecule has 1 aliphatic heterocycles. The van der Waals surface area contributed by atoms with Crippen LogP contribution in [0, 0.1) is 11.8 Å². The van der Waals surface area contributed by atoms with E-state index in [0.29, 0.717) is 6.61 Å². The summed E-state index contributed by atoms with van der Waals surface area (Å²) in [5.41, 5.74) is 6.06. The Morgan fingerprint density at radius 3 is 2.57 bits per heavy atom. The lowest BCUT2D eigenvalue weighted by atomic mass is 10.2. The van der Waals surface area contributed by atoms with Crippen molar-refractivity contribution in [2.24, 2.45) is 5.73 Å². The van der Waals surface area contributed by atoms with Gasteiger partial charge in [-0.3, -0.25) is 0 Å². The average Bonchev–Trinajstić information content (AvgIpc) is 2.90. The molecule has 1 saturated heterocycles. The lowest BCUT2D eigenvalue weighted by Crippen LogP contribution is -2.40. The highest BCUT2D eigenvalue weighted by atomic mass is 32.2. The van der Waals surface area contributed by atoms with Crippen molar-refractivity contribution in [3.05, 3.63) is 29.8 Å². The zero-order chi connectivity index (χ0) is 15.5. The van der Waals surface area contributed by atoms with Gasteiger partial charge in [0.15, 0.2) is 0 Å². The molecule has 0 spiro atoms. The van der Waals surface area contributed by atoms with Crippen LogP contribution in [0.15, 0.2) is 29.2 Å². The van der Waals surface area contributed by atoms with Crippen LogP contribution in [0.3, 0.4) is 0 Å². The van der Waals surface area contributed by atoms with Gasteiger partial charge >= 0.3 is 0 Å². The first-order valence-electron chi connectivity index (χ1n) is 6.85. The molecule has 5 nitrogen and oxygen atoms in total. The quantitative estimate of drug-likeness (QED) is 0.838. The summed E-state index contributed by atoms with van der Waals surface area (Å²) in [6.45, 7) is 2.77. The standard InChI is InChI=1S/C15H20N2O3S/c1-12-15(9-11-20-12)17(2)21(18,19)14-7-5-13(6-8-14)4-3-10-16/h5-8,12,15H,9-11,16H2,1-2H3. The van der Waals surface area contributed by atoms with Gasteiger partial charge in [-0.25, -0.2) is 8.42 Å². The number of hydrogen-bond acceptors (Lipinski definition) is 4. The Bertz CT molecular complexity index is 644. The van der Waals surface area contributed by atoms with Gasteiger partial charge in [-0.05, 0) is 37.6 Å². The van der Waals surface area contributed by atoms with E-state index >= 15 is 0 Å². The van der Waals surface area contributed by atoms with Gasteiger partial charge in [-0.15, -0.1) is 0 Å².